The molecule has 0 saturated heterocycles. The van der Waals surface area contributed by atoms with E-state index in [9.17, 15) is 5.11 Å². The van der Waals surface area contributed by atoms with Gasteiger partial charge >= 0.3 is 0 Å². The Balaban J connectivity index is 2.43. The van der Waals surface area contributed by atoms with Gasteiger partial charge in [-0.2, -0.15) is 5.10 Å². The first-order valence-electron chi connectivity index (χ1n) is 6.79. The van der Waals surface area contributed by atoms with E-state index in [0.717, 1.165) is 18.5 Å². The minimum Gasteiger partial charge on any atom is -0.383 e. The van der Waals surface area contributed by atoms with Crippen molar-refractivity contribution < 1.29 is 5.11 Å². The zero-order valence-corrected chi connectivity index (χ0v) is 12.4. The van der Waals surface area contributed by atoms with Crippen LogP contribution in [0.3, 0.4) is 0 Å². The van der Waals surface area contributed by atoms with Crippen LogP contribution in [0.4, 0.5) is 0 Å². The van der Waals surface area contributed by atoms with Crippen molar-refractivity contribution in [2.24, 2.45) is 11.8 Å². The van der Waals surface area contributed by atoms with Crippen LogP contribution in [0.1, 0.15) is 58.7 Å². The molecule has 1 heterocycles. The van der Waals surface area contributed by atoms with Crippen molar-refractivity contribution in [1.82, 2.24) is 9.78 Å². The predicted molar refractivity (Wildman–Crippen MR) is 73.7 cm³/mol. The van der Waals surface area contributed by atoms with Crippen LogP contribution >= 0.6 is 11.6 Å². The Kier molecular flexibility index (Phi) is 3.75. The first-order valence-corrected chi connectivity index (χ1v) is 7.17. The molecule has 4 heteroatoms. The molecule has 0 aromatic carbocycles. The van der Waals surface area contributed by atoms with E-state index in [1.54, 1.807) is 6.20 Å². The molecule has 1 fully saturated rings. The van der Waals surface area contributed by atoms with Crippen LogP contribution in [0.5, 0.6) is 0 Å². The molecule has 0 radical (unpaired) electrons. The second kappa shape index (κ2) is 4.86. The highest BCUT2D eigenvalue weighted by molar-refractivity contribution is 6.31. The summed E-state index contributed by atoms with van der Waals surface area (Å²) in [5.74, 6) is 1.04. The molecule has 3 nitrogen and oxygen atoms in total. The van der Waals surface area contributed by atoms with Gasteiger partial charge in [-0.3, -0.25) is 4.68 Å². The minimum atomic E-state index is -0.824. The summed E-state index contributed by atoms with van der Waals surface area (Å²) in [7, 11) is 0. The van der Waals surface area contributed by atoms with Gasteiger partial charge in [-0.05, 0) is 44.9 Å². The Bertz CT molecular complexity index is 417. The highest BCUT2D eigenvalue weighted by Gasteiger charge is 2.41. The lowest BCUT2D eigenvalue weighted by Gasteiger charge is -2.39. The van der Waals surface area contributed by atoms with Crippen molar-refractivity contribution in [2.75, 3.05) is 0 Å². The fourth-order valence-electron chi connectivity index (χ4n) is 3.45. The van der Waals surface area contributed by atoms with Crippen molar-refractivity contribution in [3.63, 3.8) is 0 Å². The summed E-state index contributed by atoms with van der Waals surface area (Å²) in [6.45, 7) is 8.52. The molecule has 1 aromatic heterocycles. The molecular weight excluding hydrogens is 248 g/mol. The van der Waals surface area contributed by atoms with E-state index < -0.39 is 5.60 Å². The SMILES string of the molecule is CC1CC(C)CC(O)(c2c(Cl)cnn2C(C)C)C1. The molecule has 2 unspecified atom stereocenters. The van der Waals surface area contributed by atoms with Gasteiger partial charge in [0, 0.05) is 6.04 Å². The number of hydrogen-bond acceptors (Lipinski definition) is 2. The van der Waals surface area contributed by atoms with E-state index in [0.29, 0.717) is 16.9 Å². The topological polar surface area (TPSA) is 38.1 Å². The van der Waals surface area contributed by atoms with E-state index in [-0.39, 0.29) is 6.04 Å². The first-order chi connectivity index (χ1) is 8.33. The average molecular weight is 271 g/mol. The fraction of sp³-hybridized carbons (Fsp3) is 0.786. The van der Waals surface area contributed by atoms with Crippen LogP contribution < -0.4 is 0 Å². The molecule has 1 aromatic rings. The molecule has 18 heavy (non-hydrogen) atoms. The van der Waals surface area contributed by atoms with Crippen molar-refractivity contribution in [3.8, 4) is 0 Å². The molecule has 1 saturated carbocycles. The quantitative estimate of drug-likeness (QED) is 0.889. The third-order valence-corrected chi connectivity index (χ3v) is 4.13. The number of nitrogens with zero attached hydrogens (tertiary/aromatic N) is 2. The van der Waals surface area contributed by atoms with Crippen LogP contribution in [0, 0.1) is 11.8 Å². The molecule has 2 atom stereocenters. The Labute approximate surface area is 114 Å². The van der Waals surface area contributed by atoms with E-state index in [4.69, 9.17) is 11.6 Å². The molecule has 1 aliphatic rings. The van der Waals surface area contributed by atoms with Crippen LogP contribution in [0.15, 0.2) is 6.20 Å². The number of hydrogen-bond donors (Lipinski definition) is 1. The monoisotopic (exact) mass is 270 g/mol. The number of aromatic nitrogens is 2. The van der Waals surface area contributed by atoms with E-state index in [2.05, 4.69) is 32.8 Å². The summed E-state index contributed by atoms with van der Waals surface area (Å²) in [6.07, 6.45) is 4.37. The molecule has 102 valence electrons. The van der Waals surface area contributed by atoms with Crippen molar-refractivity contribution in [3.05, 3.63) is 16.9 Å². The van der Waals surface area contributed by atoms with Crippen LogP contribution in [-0.2, 0) is 5.60 Å². The molecule has 0 amide bonds. The van der Waals surface area contributed by atoms with Gasteiger partial charge in [-0.15, -0.1) is 0 Å². The maximum atomic E-state index is 11.0. The molecule has 0 bridgehead atoms. The molecule has 0 spiro atoms. The summed E-state index contributed by atoms with van der Waals surface area (Å²) in [6, 6.07) is 0.212. The lowest BCUT2D eigenvalue weighted by Crippen LogP contribution is -2.38. The van der Waals surface area contributed by atoms with Gasteiger partial charge < -0.3 is 5.11 Å². The van der Waals surface area contributed by atoms with Gasteiger partial charge in [0.15, 0.2) is 0 Å². The Morgan fingerprint density at radius 1 is 1.39 bits per heavy atom. The van der Waals surface area contributed by atoms with Gasteiger partial charge in [-0.25, -0.2) is 0 Å². The molecular formula is C14H23ClN2O. The second-order valence-electron chi connectivity index (χ2n) is 6.27. The van der Waals surface area contributed by atoms with Crippen molar-refractivity contribution >= 4 is 11.6 Å². The summed E-state index contributed by atoms with van der Waals surface area (Å²) in [4.78, 5) is 0. The Morgan fingerprint density at radius 3 is 2.44 bits per heavy atom. The van der Waals surface area contributed by atoms with Gasteiger partial charge in [0.25, 0.3) is 0 Å². The number of rotatable bonds is 2. The van der Waals surface area contributed by atoms with Crippen LogP contribution in [0.2, 0.25) is 5.02 Å². The van der Waals surface area contributed by atoms with Crippen LogP contribution in [-0.4, -0.2) is 14.9 Å². The lowest BCUT2D eigenvalue weighted by molar-refractivity contribution is -0.0437. The summed E-state index contributed by atoms with van der Waals surface area (Å²) < 4.78 is 1.87. The summed E-state index contributed by atoms with van der Waals surface area (Å²) in [5, 5.41) is 15.9. The van der Waals surface area contributed by atoms with Gasteiger partial charge in [0.2, 0.25) is 0 Å². The van der Waals surface area contributed by atoms with Crippen molar-refractivity contribution in [1.29, 1.82) is 0 Å². The number of aliphatic hydroxyl groups is 1. The Morgan fingerprint density at radius 2 is 1.94 bits per heavy atom. The van der Waals surface area contributed by atoms with Crippen LogP contribution in [0.25, 0.3) is 0 Å². The predicted octanol–water partition coefficient (Wildman–Crippen LogP) is 3.76. The average Bonchev–Trinajstić information content (AvgIpc) is 2.58. The smallest absolute Gasteiger partial charge is 0.108 e. The summed E-state index contributed by atoms with van der Waals surface area (Å²) >= 11 is 6.26. The number of halogens is 1. The van der Waals surface area contributed by atoms with E-state index in [1.165, 1.54) is 6.42 Å². The molecule has 0 aliphatic heterocycles. The highest BCUT2D eigenvalue weighted by atomic mass is 35.5. The second-order valence-corrected chi connectivity index (χ2v) is 6.67. The maximum absolute atomic E-state index is 11.0. The molecule has 1 aliphatic carbocycles. The highest BCUT2D eigenvalue weighted by Crippen LogP contribution is 2.45. The zero-order chi connectivity index (χ0) is 13.5. The normalized spacial score (nSPS) is 33.1. The zero-order valence-electron chi connectivity index (χ0n) is 11.7. The molecule has 2 rings (SSSR count). The largest absolute Gasteiger partial charge is 0.383 e. The fourth-order valence-corrected chi connectivity index (χ4v) is 3.76. The first kappa shape index (κ1) is 13.9. The van der Waals surface area contributed by atoms with E-state index in [1.807, 2.05) is 4.68 Å². The van der Waals surface area contributed by atoms with Gasteiger partial charge in [-0.1, -0.05) is 25.4 Å². The Hall–Kier alpha value is -0.540. The maximum Gasteiger partial charge on any atom is 0.108 e. The van der Waals surface area contributed by atoms with Gasteiger partial charge in [0.1, 0.15) is 5.60 Å². The summed E-state index contributed by atoms with van der Waals surface area (Å²) in [5.41, 5.74) is -0.0212. The lowest BCUT2D eigenvalue weighted by atomic mass is 9.72. The van der Waals surface area contributed by atoms with Gasteiger partial charge in [0.05, 0.1) is 16.9 Å². The standard InChI is InChI=1S/C14H23ClN2O/c1-9(2)17-13(12(15)8-16-17)14(18)6-10(3)5-11(4)7-14/h8-11,18H,5-7H2,1-4H3. The minimum absolute atomic E-state index is 0.212. The van der Waals surface area contributed by atoms with Crippen molar-refractivity contribution in [2.45, 2.75) is 58.6 Å². The molecule has 1 N–H and O–H groups in total. The third-order valence-electron chi connectivity index (χ3n) is 3.86. The third kappa shape index (κ3) is 2.43. The van der Waals surface area contributed by atoms with E-state index >= 15 is 0 Å².